The van der Waals surface area contributed by atoms with Gasteiger partial charge in [0.1, 0.15) is 6.42 Å². The second-order valence-corrected chi connectivity index (χ2v) is 6.19. The Kier molecular flexibility index (Phi) is 4.93. The largest absolute Gasteiger partial charge is 0.338 e. The van der Waals surface area contributed by atoms with Crippen molar-refractivity contribution in [2.75, 3.05) is 11.9 Å². The van der Waals surface area contributed by atoms with Crippen molar-refractivity contribution in [3.05, 3.63) is 65.2 Å². The van der Waals surface area contributed by atoms with Gasteiger partial charge in [-0.1, -0.05) is 24.3 Å². The van der Waals surface area contributed by atoms with Crippen LogP contribution in [0.4, 0.5) is 5.69 Å². The van der Waals surface area contributed by atoms with Gasteiger partial charge in [0.15, 0.2) is 5.78 Å². The van der Waals surface area contributed by atoms with Crippen LogP contribution >= 0.6 is 0 Å². The van der Waals surface area contributed by atoms with E-state index < -0.39 is 0 Å². The maximum absolute atomic E-state index is 12.4. The summed E-state index contributed by atoms with van der Waals surface area (Å²) in [7, 11) is 0. The highest BCUT2D eigenvalue weighted by atomic mass is 16.2. The first kappa shape index (κ1) is 16.9. The number of carbonyl (C=O) groups is 3. The molecule has 1 N–H and O–H groups in total. The van der Waals surface area contributed by atoms with Crippen LogP contribution in [0.15, 0.2) is 48.5 Å². The second-order valence-electron chi connectivity index (χ2n) is 6.19. The molecule has 1 heterocycles. The molecule has 0 fully saturated rings. The van der Waals surface area contributed by atoms with Crippen LogP contribution < -0.4 is 5.32 Å². The van der Waals surface area contributed by atoms with Gasteiger partial charge in [0.25, 0.3) is 0 Å². The Bertz CT molecular complexity index is 812. The molecule has 2 amide bonds. The van der Waals surface area contributed by atoms with Gasteiger partial charge in [-0.15, -0.1) is 0 Å². The summed E-state index contributed by atoms with van der Waals surface area (Å²) in [5, 5.41) is 2.70. The number of hydrogen-bond donors (Lipinski definition) is 1. The third-order valence-electron chi connectivity index (χ3n) is 4.37. The second kappa shape index (κ2) is 7.30. The molecule has 0 saturated carbocycles. The number of nitrogens with one attached hydrogen (secondary N) is 1. The van der Waals surface area contributed by atoms with Crippen LogP contribution in [0.2, 0.25) is 0 Å². The van der Waals surface area contributed by atoms with Crippen molar-refractivity contribution in [3.8, 4) is 0 Å². The van der Waals surface area contributed by atoms with E-state index in [2.05, 4.69) is 11.4 Å². The van der Waals surface area contributed by atoms with Crippen LogP contribution in [0.5, 0.6) is 0 Å². The van der Waals surface area contributed by atoms with Crippen molar-refractivity contribution in [1.82, 2.24) is 4.90 Å². The minimum atomic E-state index is -0.348. The predicted molar refractivity (Wildman–Crippen MR) is 95.3 cm³/mol. The molecule has 5 heteroatoms. The molecule has 1 aliphatic heterocycles. The Hall–Kier alpha value is -2.95. The summed E-state index contributed by atoms with van der Waals surface area (Å²) in [5.41, 5.74) is 3.57. The van der Waals surface area contributed by atoms with E-state index in [0.717, 1.165) is 12.0 Å². The topological polar surface area (TPSA) is 66.5 Å². The van der Waals surface area contributed by atoms with E-state index in [9.17, 15) is 14.4 Å². The van der Waals surface area contributed by atoms with Gasteiger partial charge in [-0.3, -0.25) is 14.4 Å². The number of ketones is 1. The standard InChI is InChI=1S/C20H20N2O3/c1-14(23)15-6-8-18(9-7-15)21-19(24)12-20(25)22-11-10-16-4-2-3-5-17(16)13-22/h2-9H,10-13H2,1H3,(H,21,24). The summed E-state index contributed by atoms with van der Waals surface area (Å²) in [6, 6.07) is 14.7. The molecule has 25 heavy (non-hydrogen) atoms. The van der Waals surface area contributed by atoms with Gasteiger partial charge in [0.05, 0.1) is 0 Å². The maximum Gasteiger partial charge on any atom is 0.233 e. The highest BCUT2D eigenvalue weighted by Gasteiger charge is 2.22. The number of amides is 2. The van der Waals surface area contributed by atoms with Crippen molar-refractivity contribution in [2.24, 2.45) is 0 Å². The summed E-state index contributed by atoms with van der Waals surface area (Å²) in [4.78, 5) is 37.4. The lowest BCUT2D eigenvalue weighted by molar-refractivity contribution is -0.135. The van der Waals surface area contributed by atoms with Crippen LogP contribution in [0.25, 0.3) is 0 Å². The summed E-state index contributed by atoms with van der Waals surface area (Å²) in [5.74, 6) is -0.551. The number of Topliss-reactive ketones (excluding diaryl/α,β-unsaturated/α-hetero) is 1. The van der Waals surface area contributed by atoms with E-state index in [4.69, 9.17) is 0 Å². The monoisotopic (exact) mass is 336 g/mol. The quantitative estimate of drug-likeness (QED) is 0.690. The molecule has 5 nitrogen and oxygen atoms in total. The molecule has 0 saturated heterocycles. The smallest absolute Gasteiger partial charge is 0.233 e. The van der Waals surface area contributed by atoms with E-state index in [1.807, 2.05) is 18.2 Å². The van der Waals surface area contributed by atoms with Crippen LogP contribution in [0.3, 0.4) is 0 Å². The number of rotatable bonds is 4. The van der Waals surface area contributed by atoms with E-state index >= 15 is 0 Å². The zero-order chi connectivity index (χ0) is 17.8. The Balaban J connectivity index is 1.56. The van der Waals surface area contributed by atoms with Crippen LogP contribution in [0, 0.1) is 0 Å². The van der Waals surface area contributed by atoms with Gasteiger partial charge in [0, 0.05) is 24.3 Å². The van der Waals surface area contributed by atoms with Gasteiger partial charge in [0.2, 0.25) is 11.8 Å². The number of carbonyl (C=O) groups excluding carboxylic acids is 3. The van der Waals surface area contributed by atoms with Gasteiger partial charge in [-0.25, -0.2) is 0 Å². The first-order chi connectivity index (χ1) is 12.0. The molecule has 1 aliphatic rings. The first-order valence-electron chi connectivity index (χ1n) is 8.28. The minimum absolute atomic E-state index is 0.0292. The molecule has 3 rings (SSSR count). The molecule has 0 aromatic heterocycles. The van der Waals surface area contributed by atoms with Crippen LogP contribution in [-0.2, 0) is 22.6 Å². The van der Waals surface area contributed by atoms with Crippen LogP contribution in [-0.4, -0.2) is 29.0 Å². The normalized spacial score (nSPS) is 13.1. The van der Waals surface area contributed by atoms with Gasteiger partial charge in [-0.2, -0.15) is 0 Å². The molecule has 2 aromatic rings. The fourth-order valence-electron chi connectivity index (χ4n) is 2.95. The van der Waals surface area contributed by atoms with Gasteiger partial charge < -0.3 is 10.2 Å². The molecular formula is C20H20N2O3. The van der Waals surface area contributed by atoms with Gasteiger partial charge >= 0.3 is 0 Å². The first-order valence-corrected chi connectivity index (χ1v) is 8.28. The molecule has 0 atom stereocenters. The number of anilines is 1. The summed E-state index contributed by atoms with van der Waals surface area (Å²) in [6.07, 6.45) is 0.632. The number of hydrogen-bond acceptors (Lipinski definition) is 3. The fourth-order valence-corrected chi connectivity index (χ4v) is 2.95. The highest BCUT2D eigenvalue weighted by molar-refractivity contribution is 6.03. The molecule has 128 valence electrons. The average molecular weight is 336 g/mol. The SMILES string of the molecule is CC(=O)c1ccc(NC(=O)CC(=O)N2CCc3ccccc3C2)cc1. The van der Waals surface area contributed by atoms with E-state index in [-0.39, 0.29) is 24.0 Å². The third kappa shape index (κ3) is 4.12. The maximum atomic E-state index is 12.4. The lowest BCUT2D eigenvalue weighted by Gasteiger charge is -2.28. The van der Waals surface area contributed by atoms with E-state index in [0.29, 0.717) is 24.3 Å². The minimum Gasteiger partial charge on any atom is -0.338 e. The van der Waals surface area contributed by atoms with Crippen molar-refractivity contribution >= 4 is 23.3 Å². The number of benzene rings is 2. The molecule has 0 radical (unpaired) electrons. The highest BCUT2D eigenvalue weighted by Crippen LogP contribution is 2.19. The molecule has 0 aliphatic carbocycles. The fraction of sp³-hybridized carbons (Fsp3) is 0.250. The Morgan fingerprint density at radius 3 is 2.36 bits per heavy atom. The zero-order valence-electron chi connectivity index (χ0n) is 14.1. The Morgan fingerprint density at radius 1 is 1.00 bits per heavy atom. The summed E-state index contributed by atoms with van der Waals surface area (Å²) < 4.78 is 0. The predicted octanol–water partition coefficient (Wildman–Crippen LogP) is 2.80. The van der Waals surface area contributed by atoms with Crippen molar-refractivity contribution < 1.29 is 14.4 Å². The molecule has 2 aromatic carbocycles. The lowest BCUT2D eigenvalue weighted by atomic mass is 10.00. The molecule has 0 bridgehead atoms. The van der Waals surface area contributed by atoms with Crippen molar-refractivity contribution in [1.29, 1.82) is 0 Å². The Labute approximate surface area is 146 Å². The van der Waals surface area contributed by atoms with Crippen LogP contribution in [0.1, 0.15) is 34.8 Å². The zero-order valence-corrected chi connectivity index (χ0v) is 14.1. The Morgan fingerprint density at radius 2 is 1.68 bits per heavy atom. The average Bonchev–Trinajstić information content (AvgIpc) is 2.61. The number of nitrogens with zero attached hydrogens (tertiary/aromatic N) is 1. The molecular weight excluding hydrogens is 316 g/mol. The van der Waals surface area contributed by atoms with E-state index in [1.54, 1.807) is 29.2 Å². The summed E-state index contributed by atoms with van der Waals surface area (Å²) >= 11 is 0. The van der Waals surface area contributed by atoms with Crippen molar-refractivity contribution in [3.63, 3.8) is 0 Å². The molecule has 0 unspecified atom stereocenters. The molecule has 0 spiro atoms. The van der Waals surface area contributed by atoms with Gasteiger partial charge in [-0.05, 0) is 48.7 Å². The van der Waals surface area contributed by atoms with Crippen molar-refractivity contribution in [2.45, 2.75) is 26.3 Å². The van der Waals surface area contributed by atoms with E-state index in [1.165, 1.54) is 12.5 Å². The third-order valence-corrected chi connectivity index (χ3v) is 4.37. The summed E-state index contributed by atoms with van der Waals surface area (Å²) in [6.45, 7) is 2.68. The lowest BCUT2D eigenvalue weighted by Crippen LogP contribution is -2.37. The number of fused-ring (bicyclic) bond motifs is 1.